The first kappa shape index (κ1) is 20.4. The van der Waals surface area contributed by atoms with E-state index in [1.807, 2.05) is 59.5 Å². The average molecular weight is 421 g/mol. The molecule has 0 radical (unpaired) electrons. The molecule has 1 amide bonds. The van der Waals surface area contributed by atoms with Crippen LogP contribution in [0.3, 0.4) is 0 Å². The van der Waals surface area contributed by atoms with E-state index in [0.717, 1.165) is 30.2 Å². The second kappa shape index (κ2) is 8.84. The molecule has 0 aliphatic carbocycles. The second-order valence-corrected chi connectivity index (χ2v) is 8.33. The van der Waals surface area contributed by atoms with Crippen molar-refractivity contribution in [1.82, 2.24) is 14.9 Å². The summed E-state index contributed by atoms with van der Waals surface area (Å²) in [4.78, 5) is 26.2. The Bertz CT molecular complexity index is 990. The third kappa shape index (κ3) is 4.31. The summed E-state index contributed by atoms with van der Waals surface area (Å²) in [5, 5.41) is 0.713. The predicted molar refractivity (Wildman–Crippen MR) is 121 cm³/mol. The number of rotatable bonds is 4. The Morgan fingerprint density at radius 3 is 2.17 bits per heavy atom. The van der Waals surface area contributed by atoms with Gasteiger partial charge in [0.05, 0.1) is 6.04 Å². The lowest BCUT2D eigenvalue weighted by atomic mass is 9.98. The van der Waals surface area contributed by atoms with Crippen LogP contribution in [0.1, 0.15) is 24.2 Å². The smallest absolute Gasteiger partial charge is 0.254 e. The number of aromatic nitrogens is 2. The minimum Gasteiger partial charge on any atom is -0.337 e. The van der Waals surface area contributed by atoms with Crippen LogP contribution in [0.25, 0.3) is 11.1 Å². The van der Waals surface area contributed by atoms with Crippen LogP contribution in [-0.4, -0.2) is 46.5 Å². The molecule has 0 N–H and O–H groups in total. The summed E-state index contributed by atoms with van der Waals surface area (Å²) in [5.74, 6) is 1.13. The topological polar surface area (TPSA) is 49.3 Å². The van der Waals surface area contributed by atoms with Gasteiger partial charge in [-0.2, -0.15) is 0 Å². The molecule has 5 nitrogen and oxygen atoms in total. The molecular formula is C24H25ClN4O. The third-order valence-electron chi connectivity index (χ3n) is 5.59. The minimum atomic E-state index is 0.0741. The van der Waals surface area contributed by atoms with Gasteiger partial charge in [-0.15, -0.1) is 0 Å². The number of hydrogen-bond acceptors (Lipinski definition) is 4. The highest BCUT2D eigenvalue weighted by Crippen LogP contribution is 2.25. The Labute approximate surface area is 182 Å². The van der Waals surface area contributed by atoms with Crippen LogP contribution in [0.5, 0.6) is 0 Å². The summed E-state index contributed by atoms with van der Waals surface area (Å²) in [6, 6.07) is 17.5. The fourth-order valence-electron chi connectivity index (χ4n) is 3.88. The highest BCUT2D eigenvalue weighted by Gasteiger charge is 2.33. The number of amides is 1. The number of carbonyl (C=O) groups is 1. The van der Waals surface area contributed by atoms with Crippen LogP contribution in [-0.2, 0) is 0 Å². The number of halogens is 1. The first-order valence-corrected chi connectivity index (χ1v) is 10.6. The van der Waals surface area contributed by atoms with Crippen LogP contribution in [0.2, 0.25) is 5.02 Å². The Balaban J connectivity index is 1.51. The maximum Gasteiger partial charge on any atom is 0.254 e. The lowest BCUT2D eigenvalue weighted by Crippen LogP contribution is -2.57. The second-order valence-electron chi connectivity index (χ2n) is 7.89. The van der Waals surface area contributed by atoms with Crippen molar-refractivity contribution in [2.24, 2.45) is 5.92 Å². The molecule has 1 fully saturated rings. The fourth-order valence-corrected chi connectivity index (χ4v) is 4.01. The van der Waals surface area contributed by atoms with Crippen LogP contribution < -0.4 is 4.90 Å². The standard InChI is InChI=1S/C24H25ClN4O/c1-17(2)22-16-28(24-26-12-3-13-27-24)14-15-29(22)23(30)20-6-4-18(5-7-20)19-8-10-21(25)11-9-19/h3-13,17,22H,14-16H2,1-2H3. The normalized spacial score (nSPS) is 16.7. The van der Waals surface area contributed by atoms with E-state index in [1.54, 1.807) is 12.4 Å². The molecule has 0 spiro atoms. The van der Waals surface area contributed by atoms with E-state index in [1.165, 1.54) is 0 Å². The molecule has 1 saturated heterocycles. The molecule has 2 aromatic carbocycles. The van der Waals surface area contributed by atoms with Crippen molar-refractivity contribution in [1.29, 1.82) is 0 Å². The van der Waals surface area contributed by atoms with Crippen LogP contribution >= 0.6 is 11.6 Å². The van der Waals surface area contributed by atoms with Gasteiger partial charge in [0, 0.05) is 42.6 Å². The summed E-state index contributed by atoms with van der Waals surface area (Å²) in [5.41, 5.74) is 2.85. The largest absolute Gasteiger partial charge is 0.337 e. The van der Waals surface area contributed by atoms with E-state index in [-0.39, 0.29) is 11.9 Å². The molecule has 1 aliphatic heterocycles. The molecule has 1 atom stereocenters. The molecule has 1 unspecified atom stereocenters. The van der Waals surface area contributed by atoms with E-state index in [9.17, 15) is 4.79 Å². The number of piperazine rings is 1. The van der Waals surface area contributed by atoms with E-state index in [0.29, 0.717) is 23.0 Å². The van der Waals surface area contributed by atoms with Crippen molar-refractivity contribution in [3.05, 3.63) is 77.6 Å². The Hall–Kier alpha value is -2.92. The number of anilines is 1. The molecule has 6 heteroatoms. The van der Waals surface area contributed by atoms with Crippen molar-refractivity contribution in [2.75, 3.05) is 24.5 Å². The summed E-state index contributed by atoms with van der Waals surface area (Å²) >= 11 is 5.98. The molecule has 2 heterocycles. The van der Waals surface area contributed by atoms with E-state index in [2.05, 4.69) is 28.7 Å². The number of benzene rings is 2. The first-order chi connectivity index (χ1) is 14.5. The number of hydrogen-bond donors (Lipinski definition) is 0. The lowest BCUT2D eigenvalue weighted by Gasteiger charge is -2.43. The predicted octanol–water partition coefficient (Wildman–Crippen LogP) is 4.78. The summed E-state index contributed by atoms with van der Waals surface area (Å²) in [6.45, 7) is 6.42. The zero-order valence-electron chi connectivity index (χ0n) is 17.2. The lowest BCUT2D eigenvalue weighted by molar-refractivity contribution is 0.0598. The van der Waals surface area contributed by atoms with Crippen LogP contribution in [0, 0.1) is 5.92 Å². The van der Waals surface area contributed by atoms with E-state index >= 15 is 0 Å². The zero-order chi connectivity index (χ0) is 21.1. The van der Waals surface area contributed by atoms with Crippen molar-refractivity contribution in [3.63, 3.8) is 0 Å². The van der Waals surface area contributed by atoms with Gasteiger partial charge in [0.15, 0.2) is 0 Å². The van der Waals surface area contributed by atoms with Gasteiger partial charge in [0.25, 0.3) is 5.91 Å². The average Bonchev–Trinajstić information content (AvgIpc) is 2.79. The van der Waals surface area contributed by atoms with Crippen molar-refractivity contribution < 1.29 is 4.79 Å². The van der Waals surface area contributed by atoms with Crippen LogP contribution in [0.4, 0.5) is 5.95 Å². The molecule has 3 aromatic rings. The van der Waals surface area contributed by atoms with Gasteiger partial charge in [-0.3, -0.25) is 4.79 Å². The molecular weight excluding hydrogens is 396 g/mol. The molecule has 0 saturated carbocycles. The summed E-state index contributed by atoms with van der Waals surface area (Å²) in [7, 11) is 0. The summed E-state index contributed by atoms with van der Waals surface area (Å²) in [6.07, 6.45) is 3.51. The molecule has 154 valence electrons. The Morgan fingerprint density at radius 1 is 0.967 bits per heavy atom. The van der Waals surface area contributed by atoms with Gasteiger partial charge in [-0.25, -0.2) is 9.97 Å². The van der Waals surface area contributed by atoms with Crippen molar-refractivity contribution >= 4 is 23.5 Å². The van der Waals surface area contributed by atoms with E-state index < -0.39 is 0 Å². The van der Waals surface area contributed by atoms with Gasteiger partial charge < -0.3 is 9.80 Å². The third-order valence-corrected chi connectivity index (χ3v) is 5.85. The van der Waals surface area contributed by atoms with Gasteiger partial charge in [-0.05, 0) is 47.4 Å². The summed E-state index contributed by atoms with van der Waals surface area (Å²) < 4.78 is 0. The maximum atomic E-state index is 13.3. The number of nitrogens with zero attached hydrogens (tertiary/aromatic N) is 4. The van der Waals surface area contributed by atoms with Gasteiger partial charge in [0.1, 0.15) is 0 Å². The van der Waals surface area contributed by atoms with Gasteiger partial charge in [0.2, 0.25) is 5.95 Å². The molecule has 4 rings (SSSR count). The SMILES string of the molecule is CC(C)C1CN(c2ncccn2)CCN1C(=O)c1ccc(-c2ccc(Cl)cc2)cc1. The van der Waals surface area contributed by atoms with Crippen molar-refractivity contribution in [3.8, 4) is 11.1 Å². The van der Waals surface area contributed by atoms with Crippen molar-refractivity contribution in [2.45, 2.75) is 19.9 Å². The minimum absolute atomic E-state index is 0.0741. The first-order valence-electron chi connectivity index (χ1n) is 10.2. The molecule has 1 aliphatic rings. The monoisotopic (exact) mass is 420 g/mol. The number of carbonyl (C=O) groups excluding carboxylic acids is 1. The molecule has 30 heavy (non-hydrogen) atoms. The highest BCUT2D eigenvalue weighted by atomic mass is 35.5. The maximum absolute atomic E-state index is 13.3. The van der Waals surface area contributed by atoms with E-state index in [4.69, 9.17) is 11.6 Å². The quantitative estimate of drug-likeness (QED) is 0.609. The Morgan fingerprint density at radius 2 is 1.57 bits per heavy atom. The van der Waals surface area contributed by atoms with Gasteiger partial charge in [-0.1, -0.05) is 49.7 Å². The fraction of sp³-hybridized carbons (Fsp3) is 0.292. The van der Waals surface area contributed by atoms with Crippen LogP contribution in [0.15, 0.2) is 67.0 Å². The zero-order valence-corrected chi connectivity index (χ0v) is 18.0. The molecule has 0 bridgehead atoms. The molecule has 1 aromatic heterocycles. The Kier molecular flexibility index (Phi) is 6.00. The van der Waals surface area contributed by atoms with Gasteiger partial charge >= 0.3 is 0 Å². The highest BCUT2D eigenvalue weighted by molar-refractivity contribution is 6.30.